The molecule has 0 spiro atoms. The number of nitrogens with two attached hydrogens (primary N) is 6. The standard InChI is InChI=1S/H12N9P3/c1-10(2)7-11(3,4)9-12(5,6)8-10/h1-6H2. The zero-order valence-electron chi connectivity index (χ0n) is 6.15. The van der Waals surface area contributed by atoms with Gasteiger partial charge in [-0.05, 0) is 0 Å². The Morgan fingerprint density at radius 1 is 0.500 bits per heavy atom. The predicted molar refractivity (Wildman–Crippen MR) is 53.2 cm³/mol. The number of nitrogens with zero attached hydrogens (tertiary/aromatic N) is 3. The second-order valence-electron chi connectivity index (χ2n) is 2.37. The molecule has 0 fully saturated rings. The van der Waals surface area contributed by atoms with Gasteiger partial charge in [0.15, 0.2) is 0 Å². The van der Waals surface area contributed by atoms with Crippen LogP contribution >= 0.6 is 22.5 Å². The molecule has 0 saturated carbocycles. The summed E-state index contributed by atoms with van der Waals surface area (Å²) in [5, 5.41) is 0. The lowest BCUT2D eigenvalue weighted by Gasteiger charge is -2.23. The van der Waals surface area contributed by atoms with Crippen LogP contribution in [0.3, 0.4) is 0 Å². The monoisotopic (exact) mass is 231 g/mol. The molecule has 0 atom stereocenters. The van der Waals surface area contributed by atoms with Crippen molar-refractivity contribution in [3.63, 3.8) is 0 Å². The van der Waals surface area contributed by atoms with Gasteiger partial charge in [-0.15, -0.1) is 0 Å². The van der Waals surface area contributed by atoms with Crippen molar-refractivity contribution in [3.8, 4) is 0 Å². The van der Waals surface area contributed by atoms with Gasteiger partial charge in [0.1, 0.15) is 0 Å². The zero-order valence-corrected chi connectivity index (χ0v) is 8.83. The fourth-order valence-corrected chi connectivity index (χ4v) is 7.65. The van der Waals surface area contributed by atoms with Crippen LogP contribution in [0.1, 0.15) is 0 Å². The van der Waals surface area contributed by atoms with E-state index in [1.807, 2.05) is 0 Å². The van der Waals surface area contributed by atoms with E-state index < -0.39 is 22.5 Å². The third kappa shape index (κ3) is 2.74. The summed E-state index contributed by atoms with van der Waals surface area (Å²) in [6, 6.07) is 0. The van der Waals surface area contributed by atoms with Crippen LogP contribution < -0.4 is 33.0 Å². The minimum Gasteiger partial charge on any atom is -0.267 e. The molecule has 12 heteroatoms. The molecule has 1 aliphatic heterocycles. The summed E-state index contributed by atoms with van der Waals surface area (Å²) in [5.74, 6) is 0. The van der Waals surface area contributed by atoms with Crippen molar-refractivity contribution in [3.05, 3.63) is 0 Å². The number of rotatable bonds is 0. The van der Waals surface area contributed by atoms with Crippen LogP contribution in [0.4, 0.5) is 0 Å². The molecule has 0 aromatic carbocycles. The molecule has 1 aliphatic rings. The molecule has 0 amide bonds. The highest BCUT2D eigenvalue weighted by atomic mass is 31.3. The molecular formula is H12N9P3. The van der Waals surface area contributed by atoms with Crippen molar-refractivity contribution in [2.75, 3.05) is 0 Å². The molecule has 0 aromatic rings. The summed E-state index contributed by atoms with van der Waals surface area (Å²) in [4.78, 5) is 0. The Morgan fingerprint density at radius 3 is 0.833 bits per heavy atom. The molecule has 0 unspecified atom stereocenters. The minimum atomic E-state index is -2.82. The third-order valence-corrected chi connectivity index (χ3v) is 7.74. The maximum atomic E-state index is 5.46. The number of hydrogen-bond acceptors (Lipinski definition) is 9. The van der Waals surface area contributed by atoms with Crippen molar-refractivity contribution in [1.82, 2.24) is 0 Å². The van der Waals surface area contributed by atoms with Crippen LogP contribution in [0.15, 0.2) is 13.5 Å². The van der Waals surface area contributed by atoms with Crippen molar-refractivity contribution in [2.24, 2.45) is 46.6 Å². The Hall–Kier alpha value is 0.450. The van der Waals surface area contributed by atoms with E-state index in [1.54, 1.807) is 0 Å². The lowest BCUT2D eigenvalue weighted by Crippen LogP contribution is -2.15. The van der Waals surface area contributed by atoms with Gasteiger partial charge in [0.2, 0.25) is 22.5 Å². The maximum Gasteiger partial charge on any atom is 0.210 e. The predicted octanol–water partition coefficient (Wildman–Crippen LogP) is -0.409. The van der Waals surface area contributed by atoms with E-state index in [1.165, 1.54) is 0 Å². The van der Waals surface area contributed by atoms with Crippen LogP contribution in [0.2, 0.25) is 0 Å². The largest absolute Gasteiger partial charge is 0.267 e. The van der Waals surface area contributed by atoms with E-state index in [9.17, 15) is 0 Å². The van der Waals surface area contributed by atoms with Crippen LogP contribution in [-0.4, -0.2) is 0 Å². The average molecular weight is 231 g/mol. The van der Waals surface area contributed by atoms with Crippen LogP contribution in [0.5, 0.6) is 0 Å². The molecule has 72 valence electrons. The summed E-state index contributed by atoms with van der Waals surface area (Å²) in [7, 11) is -8.47. The SMILES string of the molecule is NP1(N)=NP(N)(N)=NP(N)(N)=N1. The van der Waals surface area contributed by atoms with E-state index in [0.717, 1.165) is 0 Å². The van der Waals surface area contributed by atoms with Gasteiger partial charge in [0.25, 0.3) is 0 Å². The summed E-state index contributed by atoms with van der Waals surface area (Å²) in [5.41, 5.74) is 32.8. The first-order chi connectivity index (χ1) is 5.12. The minimum absolute atomic E-state index is 2.82. The van der Waals surface area contributed by atoms with Gasteiger partial charge in [-0.1, -0.05) is 0 Å². The Labute approximate surface area is 69.9 Å². The normalized spacial score (nSPS) is 29.5. The molecule has 12 heavy (non-hydrogen) atoms. The Morgan fingerprint density at radius 2 is 0.667 bits per heavy atom. The highest BCUT2D eigenvalue weighted by Gasteiger charge is 2.23. The molecule has 1 heterocycles. The summed E-state index contributed by atoms with van der Waals surface area (Å²) >= 11 is 0. The second-order valence-corrected chi connectivity index (χ2v) is 8.72. The third-order valence-electron chi connectivity index (χ3n) is 0.860. The topological polar surface area (TPSA) is 193 Å². The van der Waals surface area contributed by atoms with Gasteiger partial charge < -0.3 is 0 Å². The van der Waals surface area contributed by atoms with Gasteiger partial charge in [-0.2, -0.15) is 13.5 Å². The molecular weight excluding hydrogens is 219 g/mol. The molecule has 12 N–H and O–H groups in total. The quantitative estimate of drug-likeness (QED) is 0.306. The molecule has 0 bridgehead atoms. The van der Waals surface area contributed by atoms with Crippen molar-refractivity contribution in [1.29, 1.82) is 0 Å². The van der Waals surface area contributed by atoms with Crippen molar-refractivity contribution >= 4 is 22.5 Å². The molecule has 0 radical (unpaired) electrons. The van der Waals surface area contributed by atoms with Crippen LogP contribution in [0.25, 0.3) is 0 Å². The fraction of sp³-hybridized carbons (Fsp3) is 0. The van der Waals surface area contributed by atoms with E-state index in [2.05, 4.69) is 13.5 Å². The Balaban J connectivity index is 3.46. The summed E-state index contributed by atoms with van der Waals surface area (Å²) < 4.78 is 11.1. The first-order valence-electron chi connectivity index (χ1n) is 2.75. The molecule has 1 rings (SSSR count). The molecule has 0 saturated heterocycles. The summed E-state index contributed by atoms with van der Waals surface area (Å²) in [6.45, 7) is 0. The lowest BCUT2D eigenvalue weighted by atomic mass is 13.7. The molecule has 0 aromatic heterocycles. The Bertz CT molecular complexity index is 266. The van der Waals surface area contributed by atoms with Crippen molar-refractivity contribution in [2.45, 2.75) is 0 Å². The van der Waals surface area contributed by atoms with Crippen LogP contribution in [0, 0.1) is 0 Å². The first-order valence-corrected chi connectivity index (χ1v) is 8.25. The van der Waals surface area contributed by atoms with Gasteiger partial charge in [0, 0.05) is 0 Å². The van der Waals surface area contributed by atoms with E-state index >= 15 is 0 Å². The average Bonchev–Trinajstić information content (AvgIpc) is 1.44. The highest BCUT2D eigenvalue weighted by molar-refractivity contribution is 7.82. The zero-order chi connectivity index (χ0) is 9.62. The smallest absolute Gasteiger partial charge is 0.210 e. The summed E-state index contributed by atoms with van der Waals surface area (Å²) in [6.07, 6.45) is 0. The van der Waals surface area contributed by atoms with Gasteiger partial charge in [-0.25, -0.2) is 0 Å². The molecule has 9 nitrogen and oxygen atoms in total. The van der Waals surface area contributed by atoms with Crippen molar-refractivity contribution < 1.29 is 0 Å². The highest BCUT2D eigenvalue weighted by Crippen LogP contribution is 2.62. The van der Waals surface area contributed by atoms with Gasteiger partial charge in [0.05, 0.1) is 0 Å². The van der Waals surface area contributed by atoms with E-state index in [0.29, 0.717) is 0 Å². The first kappa shape index (κ1) is 10.5. The maximum absolute atomic E-state index is 5.46. The van der Waals surface area contributed by atoms with E-state index in [-0.39, 0.29) is 0 Å². The van der Waals surface area contributed by atoms with Gasteiger partial charge >= 0.3 is 0 Å². The fourth-order valence-electron chi connectivity index (χ4n) is 0.742. The lowest BCUT2D eigenvalue weighted by molar-refractivity contribution is 1.46. The van der Waals surface area contributed by atoms with Crippen LogP contribution in [-0.2, 0) is 0 Å². The Kier molecular flexibility index (Phi) is 2.38. The van der Waals surface area contributed by atoms with E-state index in [4.69, 9.17) is 33.0 Å². The second kappa shape index (κ2) is 2.72. The van der Waals surface area contributed by atoms with Gasteiger partial charge in [-0.3, -0.25) is 33.0 Å². The molecule has 0 aliphatic carbocycles. The number of hydrogen-bond donors (Lipinski definition) is 6.